The molecule has 1 rings (SSSR count). The van der Waals surface area contributed by atoms with E-state index in [0.717, 1.165) is 12.6 Å². The molecule has 0 saturated carbocycles. The van der Waals surface area contributed by atoms with Gasteiger partial charge in [-0.3, -0.25) is 4.98 Å². The molecule has 1 heterocycles. The lowest BCUT2D eigenvalue weighted by Crippen LogP contribution is -2.33. The average molecular weight is 289 g/mol. The van der Waals surface area contributed by atoms with E-state index in [4.69, 9.17) is 0 Å². The van der Waals surface area contributed by atoms with Crippen molar-refractivity contribution in [2.75, 3.05) is 26.4 Å². The molecule has 1 unspecified atom stereocenters. The van der Waals surface area contributed by atoms with Crippen LogP contribution in [-0.2, 0) is 10.0 Å². The highest BCUT2D eigenvalue weighted by molar-refractivity contribution is 7.89. The number of nitrogens with one attached hydrogen (secondary N) is 1. The number of aromatic nitrogens is 1. The fraction of sp³-hybridized carbons (Fsp3) is 0.583. The van der Waals surface area contributed by atoms with E-state index in [2.05, 4.69) is 10.3 Å². The number of hydrogen-bond acceptors (Lipinski definition) is 4. The predicted octanol–water partition coefficient (Wildman–Crippen LogP) is 1.15. The molecule has 108 valence electrons. The minimum Gasteiger partial charge on any atom is -0.308 e. The molecule has 0 amide bonds. The molecule has 19 heavy (non-hydrogen) atoms. The van der Waals surface area contributed by atoms with E-state index in [-0.39, 0.29) is 17.6 Å². The predicted molar refractivity (Wildman–Crippen MR) is 72.7 cm³/mol. The molecule has 1 atom stereocenters. The summed E-state index contributed by atoms with van der Waals surface area (Å²) >= 11 is 0. The van der Waals surface area contributed by atoms with E-state index in [1.54, 1.807) is 6.07 Å². The Morgan fingerprint density at radius 1 is 1.42 bits per heavy atom. The van der Waals surface area contributed by atoms with Crippen LogP contribution in [0.5, 0.6) is 0 Å². The Hall–Kier alpha value is -1.05. The molecule has 0 aliphatic rings. The van der Waals surface area contributed by atoms with Crippen LogP contribution in [-0.4, -0.2) is 44.1 Å². The van der Waals surface area contributed by atoms with Crippen molar-refractivity contribution in [1.82, 2.24) is 14.6 Å². The van der Waals surface area contributed by atoms with E-state index in [1.165, 1.54) is 24.5 Å². The van der Waals surface area contributed by atoms with Crippen LogP contribution in [0.25, 0.3) is 0 Å². The third-order valence-corrected chi connectivity index (χ3v) is 4.66. The highest BCUT2D eigenvalue weighted by Gasteiger charge is 2.15. The van der Waals surface area contributed by atoms with E-state index in [1.807, 2.05) is 6.92 Å². The number of sulfonamides is 1. The molecule has 0 saturated heterocycles. The number of hydrogen-bond donors (Lipinski definition) is 1. The van der Waals surface area contributed by atoms with Gasteiger partial charge in [-0.25, -0.2) is 17.1 Å². The molecule has 0 spiro atoms. The lowest BCUT2D eigenvalue weighted by atomic mass is 10.1. The summed E-state index contributed by atoms with van der Waals surface area (Å²) in [4.78, 5) is 4.00. The Bertz CT molecular complexity index is 488. The minimum atomic E-state index is -3.20. The number of nitrogens with zero attached hydrogens (tertiary/aromatic N) is 2. The van der Waals surface area contributed by atoms with Crippen molar-refractivity contribution >= 4 is 10.0 Å². The molecule has 0 aromatic carbocycles. The molecule has 1 aromatic heterocycles. The number of pyridine rings is 1. The van der Waals surface area contributed by atoms with Crippen molar-refractivity contribution in [2.45, 2.75) is 19.4 Å². The van der Waals surface area contributed by atoms with Crippen molar-refractivity contribution in [2.24, 2.45) is 0 Å². The van der Waals surface area contributed by atoms with Gasteiger partial charge in [-0.2, -0.15) is 0 Å². The van der Waals surface area contributed by atoms with Gasteiger partial charge in [0, 0.05) is 26.7 Å². The second-order valence-electron chi connectivity index (χ2n) is 4.41. The molecule has 0 aliphatic carbocycles. The highest BCUT2D eigenvalue weighted by atomic mass is 32.2. The van der Waals surface area contributed by atoms with Crippen LogP contribution in [0.2, 0.25) is 0 Å². The molecule has 7 heteroatoms. The largest absolute Gasteiger partial charge is 0.308 e. The zero-order valence-electron chi connectivity index (χ0n) is 11.4. The first-order valence-electron chi connectivity index (χ1n) is 6.12. The van der Waals surface area contributed by atoms with Crippen molar-refractivity contribution in [3.8, 4) is 0 Å². The fourth-order valence-electron chi connectivity index (χ4n) is 1.60. The summed E-state index contributed by atoms with van der Waals surface area (Å²) in [5, 5.41) is 3.13. The first-order valence-corrected chi connectivity index (χ1v) is 7.72. The topological polar surface area (TPSA) is 62.3 Å². The second-order valence-corrected chi connectivity index (χ2v) is 6.72. The molecule has 1 N–H and O–H groups in total. The van der Waals surface area contributed by atoms with Crippen LogP contribution < -0.4 is 5.32 Å². The molecule has 0 aliphatic heterocycles. The quantitative estimate of drug-likeness (QED) is 0.818. The van der Waals surface area contributed by atoms with E-state index in [9.17, 15) is 12.8 Å². The average Bonchev–Trinajstić information content (AvgIpc) is 2.36. The summed E-state index contributed by atoms with van der Waals surface area (Å²) in [7, 11) is -0.184. The summed E-state index contributed by atoms with van der Waals surface area (Å²) in [6, 6.07) is 2.89. The number of halogens is 1. The Morgan fingerprint density at radius 3 is 2.58 bits per heavy atom. The standard InChI is InChI=1S/C12H20FN3O2S/c1-4-11(12-6-5-10(13)9-15-12)14-7-8-19(17,18)16(2)3/h5-6,9,11,14H,4,7-8H2,1-3H3. The summed E-state index contributed by atoms with van der Waals surface area (Å²) in [6.07, 6.45) is 1.91. The Morgan fingerprint density at radius 2 is 2.11 bits per heavy atom. The van der Waals surface area contributed by atoms with Gasteiger partial charge in [0.05, 0.1) is 17.6 Å². The van der Waals surface area contributed by atoms with Gasteiger partial charge in [0.15, 0.2) is 0 Å². The van der Waals surface area contributed by atoms with Crippen LogP contribution in [0, 0.1) is 5.82 Å². The second kappa shape index (κ2) is 6.93. The smallest absolute Gasteiger partial charge is 0.214 e. The van der Waals surface area contributed by atoms with Crippen LogP contribution in [0.1, 0.15) is 25.1 Å². The normalized spacial score (nSPS) is 13.7. The summed E-state index contributed by atoms with van der Waals surface area (Å²) in [5.41, 5.74) is 0.714. The van der Waals surface area contributed by atoms with Gasteiger partial charge in [-0.15, -0.1) is 0 Å². The Labute approximate surface area is 113 Å². The molecule has 0 bridgehead atoms. The van der Waals surface area contributed by atoms with Gasteiger partial charge in [0.1, 0.15) is 5.82 Å². The first kappa shape index (κ1) is 16.0. The SMILES string of the molecule is CCC(NCCS(=O)(=O)N(C)C)c1ccc(F)cn1. The van der Waals surface area contributed by atoms with Crippen LogP contribution in [0.3, 0.4) is 0 Å². The summed E-state index contributed by atoms with van der Waals surface area (Å²) in [6.45, 7) is 2.29. The van der Waals surface area contributed by atoms with Gasteiger partial charge in [-0.05, 0) is 18.6 Å². The number of rotatable bonds is 7. The molecule has 1 aromatic rings. The third-order valence-electron chi connectivity index (χ3n) is 2.82. The minimum absolute atomic E-state index is 0.0255. The molecular formula is C12H20FN3O2S. The lowest BCUT2D eigenvalue weighted by molar-refractivity contribution is 0.497. The van der Waals surface area contributed by atoms with E-state index in [0.29, 0.717) is 12.2 Å². The van der Waals surface area contributed by atoms with Gasteiger partial charge in [0.25, 0.3) is 0 Å². The van der Waals surface area contributed by atoms with Gasteiger partial charge >= 0.3 is 0 Å². The lowest BCUT2D eigenvalue weighted by Gasteiger charge is -2.17. The van der Waals surface area contributed by atoms with Gasteiger partial charge < -0.3 is 5.32 Å². The van der Waals surface area contributed by atoms with Crippen LogP contribution >= 0.6 is 0 Å². The highest BCUT2D eigenvalue weighted by Crippen LogP contribution is 2.13. The Balaban J connectivity index is 2.57. The molecule has 0 fully saturated rings. The van der Waals surface area contributed by atoms with Crippen LogP contribution in [0.4, 0.5) is 4.39 Å². The fourth-order valence-corrected chi connectivity index (χ4v) is 2.34. The maximum Gasteiger partial charge on any atom is 0.214 e. The zero-order chi connectivity index (χ0) is 14.5. The van der Waals surface area contributed by atoms with Crippen molar-refractivity contribution in [3.63, 3.8) is 0 Å². The van der Waals surface area contributed by atoms with Crippen LogP contribution in [0.15, 0.2) is 18.3 Å². The maximum atomic E-state index is 12.8. The van der Waals surface area contributed by atoms with Crippen molar-refractivity contribution in [1.29, 1.82) is 0 Å². The van der Waals surface area contributed by atoms with Crippen molar-refractivity contribution in [3.05, 3.63) is 29.8 Å². The van der Waals surface area contributed by atoms with Gasteiger partial charge in [-0.1, -0.05) is 6.92 Å². The summed E-state index contributed by atoms with van der Waals surface area (Å²) in [5.74, 6) is -0.355. The third kappa shape index (κ3) is 4.85. The molecule has 0 radical (unpaired) electrons. The van der Waals surface area contributed by atoms with E-state index >= 15 is 0 Å². The maximum absolute atomic E-state index is 12.8. The summed E-state index contributed by atoms with van der Waals surface area (Å²) < 4.78 is 37.2. The molecular weight excluding hydrogens is 269 g/mol. The monoisotopic (exact) mass is 289 g/mol. The first-order chi connectivity index (χ1) is 8.86. The van der Waals surface area contributed by atoms with E-state index < -0.39 is 10.0 Å². The Kier molecular flexibility index (Phi) is 5.84. The van der Waals surface area contributed by atoms with Crippen molar-refractivity contribution < 1.29 is 12.8 Å². The zero-order valence-corrected chi connectivity index (χ0v) is 12.2. The van der Waals surface area contributed by atoms with Gasteiger partial charge in [0.2, 0.25) is 10.0 Å². The molecule has 5 nitrogen and oxygen atoms in total.